The Morgan fingerprint density at radius 2 is 1.89 bits per heavy atom. The van der Waals surface area contributed by atoms with E-state index in [1.807, 2.05) is 60.8 Å². The predicted molar refractivity (Wildman–Crippen MR) is 113 cm³/mol. The number of aryl methyl sites for hydroxylation is 1. The number of nitrogens with zero attached hydrogens (tertiary/aromatic N) is 3. The van der Waals surface area contributed by atoms with Crippen molar-refractivity contribution in [3.05, 3.63) is 86.9 Å². The highest BCUT2D eigenvalue weighted by atomic mass is 32.1. The summed E-state index contributed by atoms with van der Waals surface area (Å²) >= 11 is 1.42. The normalized spacial score (nSPS) is 12.3. The zero-order chi connectivity index (χ0) is 19.3. The van der Waals surface area contributed by atoms with Crippen LogP contribution >= 0.6 is 11.3 Å². The summed E-state index contributed by atoms with van der Waals surface area (Å²) in [7, 11) is 1.66. The van der Waals surface area contributed by atoms with Crippen LogP contribution in [0.1, 0.15) is 11.3 Å². The number of thiazole rings is 1. The minimum atomic E-state index is -0.0245. The molecule has 0 saturated carbocycles. The second kappa shape index (κ2) is 6.35. The first-order valence-corrected chi connectivity index (χ1v) is 9.71. The molecule has 0 spiro atoms. The molecule has 0 unspecified atom stereocenters. The van der Waals surface area contributed by atoms with Crippen LogP contribution in [0.5, 0.6) is 5.75 Å². The number of benzene rings is 2. The highest BCUT2D eigenvalue weighted by Gasteiger charge is 2.11. The highest BCUT2D eigenvalue weighted by molar-refractivity contribution is 7.15. The SMILES string of the molecule is COc1ccc(-n2cc(/C=c3/sc4nc5ccccc5n4c3=O)cc2C)cc1. The van der Waals surface area contributed by atoms with Crippen LogP contribution in [-0.4, -0.2) is 21.1 Å². The minimum absolute atomic E-state index is 0.0245. The molecule has 0 atom stereocenters. The summed E-state index contributed by atoms with van der Waals surface area (Å²) in [5.74, 6) is 0.825. The van der Waals surface area contributed by atoms with Crippen LogP contribution in [0.3, 0.4) is 0 Å². The van der Waals surface area contributed by atoms with Crippen LogP contribution in [0.15, 0.2) is 65.6 Å². The van der Waals surface area contributed by atoms with Crippen LogP contribution in [0.25, 0.3) is 27.8 Å². The minimum Gasteiger partial charge on any atom is -0.497 e. The number of para-hydroxylation sites is 2. The topological polar surface area (TPSA) is 48.5 Å². The number of ether oxygens (including phenoxy) is 1. The Bertz CT molecular complexity index is 1420. The third kappa shape index (κ3) is 2.61. The number of rotatable bonds is 3. The van der Waals surface area contributed by atoms with Gasteiger partial charge in [0.2, 0.25) is 0 Å². The van der Waals surface area contributed by atoms with Crippen molar-refractivity contribution in [3.8, 4) is 11.4 Å². The summed E-state index contributed by atoms with van der Waals surface area (Å²) in [6, 6.07) is 17.7. The molecule has 5 aromatic rings. The molecule has 3 aromatic heterocycles. The van der Waals surface area contributed by atoms with Crippen molar-refractivity contribution in [3.63, 3.8) is 0 Å². The van der Waals surface area contributed by atoms with Crippen LogP contribution < -0.4 is 14.8 Å². The molecule has 6 heteroatoms. The highest BCUT2D eigenvalue weighted by Crippen LogP contribution is 2.20. The molecule has 5 nitrogen and oxygen atoms in total. The van der Waals surface area contributed by atoms with Gasteiger partial charge in [-0.15, -0.1) is 0 Å². The molecule has 0 aliphatic rings. The summed E-state index contributed by atoms with van der Waals surface area (Å²) in [4.78, 5) is 18.2. The molecule has 138 valence electrons. The second-order valence-electron chi connectivity index (χ2n) is 6.62. The Morgan fingerprint density at radius 3 is 2.68 bits per heavy atom. The van der Waals surface area contributed by atoms with E-state index in [1.165, 1.54) is 11.3 Å². The molecule has 0 fully saturated rings. The Balaban J connectivity index is 1.61. The van der Waals surface area contributed by atoms with Gasteiger partial charge in [-0.05, 0) is 61.0 Å². The van der Waals surface area contributed by atoms with Gasteiger partial charge in [0.05, 0.1) is 22.7 Å². The molecule has 0 saturated heterocycles. The average molecular weight is 387 g/mol. The molecule has 0 amide bonds. The third-order valence-corrected chi connectivity index (χ3v) is 5.80. The molecule has 5 rings (SSSR count). The van der Waals surface area contributed by atoms with Gasteiger partial charge in [0, 0.05) is 17.6 Å². The van der Waals surface area contributed by atoms with Crippen molar-refractivity contribution in [2.24, 2.45) is 0 Å². The fourth-order valence-corrected chi connectivity index (χ4v) is 4.45. The van der Waals surface area contributed by atoms with E-state index in [0.717, 1.165) is 38.7 Å². The third-order valence-electron chi connectivity index (χ3n) is 4.83. The predicted octanol–water partition coefficient (Wildman–Crippen LogP) is 3.56. The van der Waals surface area contributed by atoms with Crippen LogP contribution in [0, 0.1) is 6.92 Å². The van der Waals surface area contributed by atoms with E-state index in [4.69, 9.17) is 4.74 Å². The van der Waals surface area contributed by atoms with Gasteiger partial charge in [-0.1, -0.05) is 23.5 Å². The molecule has 0 bridgehead atoms. The Morgan fingerprint density at radius 1 is 1.11 bits per heavy atom. The summed E-state index contributed by atoms with van der Waals surface area (Å²) in [5.41, 5.74) is 4.80. The summed E-state index contributed by atoms with van der Waals surface area (Å²) in [6.07, 6.45) is 3.97. The van der Waals surface area contributed by atoms with Crippen molar-refractivity contribution >= 4 is 33.4 Å². The summed E-state index contributed by atoms with van der Waals surface area (Å²) in [6.45, 7) is 2.05. The average Bonchev–Trinajstić information content (AvgIpc) is 3.35. The number of aromatic nitrogens is 3. The van der Waals surface area contributed by atoms with E-state index in [1.54, 1.807) is 11.5 Å². The van der Waals surface area contributed by atoms with E-state index < -0.39 is 0 Å². The van der Waals surface area contributed by atoms with Crippen LogP contribution in [-0.2, 0) is 0 Å². The van der Waals surface area contributed by atoms with Gasteiger partial charge in [-0.3, -0.25) is 4.79 Å². The zero-order valence-electron chi connectivity index (χ0n) is 15.4. The van der Waals surface area contributed by atoms with E-state index in [9.17, 15) is 4.79 Å². The van der Waals surface area contributed by atoms with Crippen molar-refractivity contribution in [2.45, 2.75) is 6.92 Å². The number of hydrogen-bond donors (Lipinski definition) is 0. The van der Waals surface area contributed by atoms with Crippen LogP contribution in [0.2, 0.25) is 0 Å². The maximum atomic E-state index is 12.9. The number of hydrogen-bond acceptors (Lipinski definition) is 4. The lowest BCUT2D eigenvalue weighted by Crippen LogP contribution is -2.22. The van der Waals surface area contributed by atoms with E-state index in [0.29, 0.717) is 4.53 Å². The molecule has 0 aliphatic carbocycles. The lowest BCUT2D eigenvalue weighted by Gasteiger charge is -2.06. The number of imidazole rings is 1. The second-order valence-corrected chi connectivity index (χ2v) is 7.63. The van der Waals surface area contributed by atoms with Crippen molar-refractivity contribution < 1.29 is 4.74 Å². The molecular formula is C22H17N3O2S. The summed E-state index contributed by atoms with van der Waals surface area (Å²) in [5, 5.41) is 0. The standard InChI is InChI=1S/C22H17N3O2S/c1-14-11-15(13-24(14)16-7-9-17(27-2)10-8-16)12-20-21(26)25-19-6-4-3-5-18(19)23-22(25)28-20/h3-13H,1-2H3/b20-12+. The monoisotopic (exact) mass is 387 g/mol. The first kappa shape index (κ1) is 16.8. The van der Waals surface area contributed by atoms with E-state index in [2.05, 4.69) is 22.5 Å². The van der Waals surface area contributed by atoms with E-state index in [-0.39, 0.29) is 5.56 Å². The van der Waals surface area contributed by atoms with Gasteiger partial charge in [0.25, 0.3) is 5.56 Å². The first-order valence-electron chi connectivity index (χ1n) is 8.89. The quantitative estimate of drug-likeness (QED) is 0.476. The smallest absolute Gasteiger partial charge is 0.274 e. The van der Waals surface area contributed by atoms with Crippen LogP contribution in [0.4, 0.5) is 0 Å². The van der Waals surface area contributed by atoms with Gasteiger partial charge in [-0.25, -0.2) is 9.38 Å². The lowest BCUT2D eigenvalue weighted by molar-refractivity contribution is 0.414. The molecule has 0 N–H and O–H groups in total. The lowest BCUT2D eigenvalue weighted by atomic mass is 10.3. The Hall–Kier alpha value is -3.38. The van der Waals surface area contributed by atoms with Gasteiger partial charge < -0.3 is 9.30 Å². The number of fused-ring (bicyclic) bond motifs is 3. The van der Waals surface area contributed by atoms with Gasteiger partial charge >= 0.3 is 0 Å². The summed E-state index contributed by atoms with van der Waals surface area (Å²) < 4.78 is 9.70. The Labute approximate surface area is 164 Å². The van der Waals surface area contributed by atoms with Gasteiger partial charge in [0.15, 0.2) is 4.96 Å². The number of methoxy groups -OCH3 is 1. The fourth-order valence-electron chi connectivity index (χ4n) is 3.46. The van der Waals surface area contributed by atoms with Crippen molar-refractivity contribution in [2.75, 3.05) is 7.11 Å². The zero-order valence-corrected chi connectivity index (χ0v) is 16.2. The molecule has 2 aromatic carbocycles. The fraction of sp³-hybridized carbons (Fsp3) is 0.0909. The van der Waals surface area contributed by atoms with Crippen molar-refractivity contribution in [1.82, 2.24) is 14.0 Å². The Kier molecular flexibility index (Phi) is 3.80. The maximum Gasteiger partial charge on any atom is 0.274 e. The molecule has 0 radical (unpaired) electrons. The molecule has 0 aliphatic heterocycles. The van der Waals surface area contributed by atoms with Crippen molar-refractivity contribution in [1.29, 1.82) is 0 Å². The first-order chi connectivity index (χ1) is 13.6. The van der Waals surface area contributed by atoms with Gasteiger partial charge in [0.1, 0.15) is 5.75 Å². The maximum absolute atomic E-state index is 12.9. The largest absolute Gasteiger partial charge is 0.497 e. The molecular weight excluding hydrogens is 370 g/mol. The molecule has 28 heavy (non-hydrogen) atoms. The molecule has 3 heterocycles. The van der Waals surface area contributed by atoms with Gasteiger partial charge in [-0.2, -0.15) is 0 Å². The van der Waals surface area contributed by atoms with E-state index >= 15 is 0 Å².